The van der Waals surface area contributed by atoms with Gasteiger partial charge in [-0.05, 0) is 67.4 Å². The van der Waals surface area contributed by atoms with E-state index < -0.39 is 6.10 Å². The third kappa shape index (κ3) is 7.28. The van der Waals surface area contributed by atoms with E-state index in [-0.39, 0.29) is 31.2 Å². The van der Waals surface area contributed by atoms with Crippen molar-refractivity contribution < 1.29 is 19.4 Å². The fourth-order valence-corrected chi connectivity index (χ4v) is 5.17. The number of rotatable bonds is 12. The first-order chi connectivity index (χ1) is 16.3. The van der Waals surface area contributed by atoms with Gasteiger partial charge in [0.15, 0.2) is 0 Å². The molecule has 0 saturated carbocycles. The van der Waals surface area contributed by atoms with Gasteiger partial charge in [-0.15, -0.1) is 11.3 Å². The van der Waals surface area contributed by atoms with Crippen LogP contribution in [0.4, 0.5) is 0 Å². The molecule has 2 aromatic rings. The molecule has 3 rings (SSSR count). The van der Waals surface area contributed by atoms with Gasteiger partial charge in [0.25, 0.3) is 0 Å². The van der Waals surface area contributed by atoms with Crippen molar-refractivity contribution in [2.24, 2.45) is 0 Å². The first-order valence-electron chi connectivity index (χ1n) is 12.4. The van der Waals surface area contributed by atoms with Crippen LogP contribution in [0.5, 0.6) is 5.75 Å². The van der Waals surface area contributed by atoms with E-state index in [1.54, 1.807) is 11.3 Å². The van der Waals surface area contributed by atoms with E-state index in [0.29, 0.717) is 32.2 Å². The average molecular weight is 489 g/mol. The summed E-state index contributed by atoms with van der Waals surface area (Å²) in [7, 11) is 0. The van der Waals surface area contributed by atoms with Gasteiger partial charge in [0, 0.05) is 18.0 Å². The Morgan fingerprint density at radius 2 is 1.94 bits per heavy atom. The summed E-state index contributed by atoms with van der Waals surface area (Å²) in [6, 6.07) is 10.2. The fraction of sp³-hybridized carbons (Fsp3) is 0.593. The van der Waals surface area contributed by atoms with Crippen LogP contribution in [0.2, 0.25) is 0 Å². The normalized spacial score (nSPS) is 16.9. The molecule has 0 aliphatic carbocycles. The zero-order chi connectivity index (χ0) is 24.7. The standard InChI is InChI=1S/C27H40N2O4S/c1-6-28(15-22(30)17-32-20(4)5)16-27(31)29-13-11-26-24(12-14-34-26)25(29)18-33-23-9-7-21(8-10-23)19(2)3/h7-10,12,14,19-20,22,25,30H,6,11,13,15-18H2,1-5H3/t22-,25+/m0/s1. The maximum atomic E-state index is 13.4. The second-order valence-corrected chi connectivity index (χ2v) is 10.6. The van der Waals surface area contributed by atoms with E-state index >= 15 is 0 Å². The van der Waals surface area contributed by atoms with E-state index in [1.165, 1.54) is 16.0 Å². The first kappa shape index (κ1) is 26.7. The minimum atomic E-state index is -0.618. The van der Waals surface area contributed by atoms with Crippen LogP contribution in [-0.4, -0.2) is 72.4 Å². The molecule has 1 N–H and O–H groups in total. The lowest BCUT2D eigenvalue weighted by Gasteiger charge is -2.37. The molecule has 0 bridgehead atoms. The Labute approximate surface area is 208 Å². The highest BCUT2D eigenvalue weighted by molar-refractivity contribution is 7.10. The first-order valence-corrected chi connectivity index (χ1v) is 13.3. The number of likely N-dealkylation sites (N-methyl/N-ethyl adjacent to an activating group) is 1. The minimum absolute atomic E-state index is 0.0689. The fourth-order valence-electron chi connectivity index (χ4n) is 4.24. The van der Waals surface area contributed by atoms with Gasteiger partial charge in [0.2, 0.25) is 5.91 Å². The van der Waals surface area contributed by atoms with Crippen LogP contribution in [0.25, 0.3) is 0 Å². The van der Waals surface area contributed by atoms with Crippen molar-refractivity contribution in [2.75, 3.05) is 39.4 Å². The Kier molecular flexibility index (Phi) is 9.95. The van der Waals surface area contributed by atoms with Gasteiger partial charge >= 0.3 is 0 Å². The van der Waals surface area contributed by atoms with Gasteiger partial charge in [0.05, 0.1) is 31.4 Å². The van der Waals surface area contributed by atoms with Gasteiger partial charge in [-0.2, -0.15) is 0 Å². The molecule has 0 unspecified atom stereocenters. The summed E-state index contributed by atoms with van der Waals surface area (Å²) in [4.78, 5) is 18.7. The molecule has 0 spiro atoms. The molecule has 1 aliphatic rings. The third-order valence-electron chi connectivity index (χ3n) is 6.27. The Morgan fingerprint density at radius 3 is 2.59 bits per heavy atom. The molecule has 1 aromatic carbocycles. The lowest BCUT2D eigenvalue weighted by molar-refractivity contribution is -0.136. The van der Waals surface area contributed by atoms with Crippen LogP contribution in [0.1, 0.15) is 62.6 Å². The lowest BCUT2D eigenvalue weighted by Crippen LogP contribution is -2.48. The van der Waals surface area contributed by atoms with E-state index in [9.17, 15) is 9.90 Å². The molecular formula is C27H40N2O4S. The summed E-state index contributed by atoms with van der Waals surface area (Å²) < 4.78 is 11.7. The molecule has 0 radical (unpaired) electrons. The summed E-state index contributed by atoms with van der Waals surface area (Å²) in [5.74, 6) is 1.37. The monoisotopic (exact) mass is 488 g/mol. The van der Waals surface area contributed by atoms with Crippen LogP contribution in [0.15, 0.2) is 35.7 Å². The summed E-state index contributed by atoms with van der Waals surface area (Å²) >= 11 is 1.75. The Balaban J connectivity index is 1.65. The Bertz CT molecular complexity index is 896. The number of ether oxygens (including phenoxy) is 2. The molecule has 0 saturated heterocycles. The molecule has 34 heavy (non-hydrogen) atoms. The molecule has 1 aromatic heterocycles. The van der Waals surface area contributed by atoms with Crippen molar-refractivity contribution in [3.05, 3.63) is 51.7 Å². The number of benzene rings is 1. The number of carbonyl (C=O) groups excluding carboxylic acids is 1. The largest absolute Gasteiger partial charge is 0.491 e. The van der Waals surface area contributed by atoms with Crippen molar-refractivity contribution in [2.45, 2.75) is 65.2 Å². The minimum Gasteiger partial charge on any atom is -0.491 e. The van der Waals surface area contributed by atoms with Crippen molar-refractivity contribution in [1.82, 2.24) is 9.80 Å². The number of fused-ring (bicyclic) bond motifs is 1. The summed E-state index contributed by atoms with van der Waals surface area (Å²) in [6.07, 6.45) is 0.324. The second kappa shape index (κ2) is 12.7. The molecule has 1 aliphatic heterocycles. The van der Waals surface area contributed by atoms with Crippen molar-refractivity contribution in [3.63, 3.8) is 0 Å². The van der Waals surface area contributed by atoms with Gasteiger partial charge in [-0.1, -0.05) is 32.9 Å². The van der Waals surface area contributed by atoms with Gasteiger partial charge in [-0.25, -0.2) is 0 Å². The van der Waals surface area contributed by atoms with Crippen LogP contribution in [0.3, 0.4) is 0 Å². The van der Waals surface area contributed by atoms with E-state index in [2.05, 4.69) is 37.4 Å². The number of nitrogens with zero attached hydrogens (tertiary/aromatic N) is 2. The highest BCUT2D eigenvalue weighted by atomic mass is 32.1. The van der Waals surface area contributed by atoms with Gasteiger partial charge in [0.1, 0.15) is 12.4 Å². The average Bonchev–Trinajstić information content (AvgIpc) is 3.30. The highest BCUT2D eigenvalue weighted by Crippen LogP contribution is 2.34. The Morgan fingerprint density at radius 1 is 1.21 bits per heavy atom. The van der Waals surface area contributed by atoms with E-state index in [4.69, 9.17) is 9.47 Å². The summed E-state index contributed by atoms with van der Waals surface area (Å²) in [5, 5.41) is 12.4. The predicted octanol–water partition coefficient (Wildman–Crippen LogP) is 4.48. The van der Waals surface area contributed by atoms with Crippen LogP contribution in [-0.2, 0) is 16.0 Å². The smallest absolute Gasteiger partial charge is 0.237 e. The number of hydrogen-bond acceptors (Lipinski definition) is 6. The van der Waals surface area contributed by atoms with Gasteiger partial charge < -0.3 is 19.5 Å². The van der Waals surface area contributed by atoms with Crippen LogP contribution >= 0.6 is 11.3 Å². The SMILES string of the molecule is CCN(CC(=O)N1CCc2sccc2[C@H]1COc1ccc(C(C)C)cc1)C[C@H](O)COC(C)C. The number of carbonyl (C=O) groups is 1. The Hall–Kier alpha value is -1.93. The predicted molar refractivity (Wildman–Crippen MR) is 138 cm³/mol. The molecular weight excluding hydrogens is 448 g/mol. The van der Waals surface area contributed by atoms with Crippen LogP contribution in [0, 0.1) is 0 Å². The zero-order valence-electron chi connectivity index (χ0n) is 21.2. The quantitative estimate of drug-likeness (QED) is 0.477. The molecule has 1 amide bonds. The number of aliphatic hydroxyl groups is 1. The topological polar surface area (TPSA) is 62.2 Å². The van der Waals surface area contributed by atoms with Crippen molar-refractivity contribution in [3.8, 4) is 5.75 Å². The molecule has 2 heterocycles. The zero-order valence-corrected chi connectivity index (χ0v) is 22.0. The van der Waals surface area contributed by atoms with E-state index in [1.807, 2.05) is 42.7 Å². The molecule has 6 nitrogen and oxygen atoms in total. The number of thiophene rings is 1. The molecule has 0 fully saturated rings. The number of amides is 1. The second-order valence-electron chi connectivity index (χ2n) is 9.55. The number of aliphatic hydroxyl groups excluding tert-OH is 1. The maximum Gasteiger partial charge on any atom is 0.237 e. The maximum absolute atomic E-state index is 13.4. The number of hydrogen-bond donors (Lipinski definition) is 1. The van der Waals surface area contributed by atoms with Gasteiger partial charge in [-0.3, -0.25) is 9.69 Å². The lowest BCUT2D eigenvalue weighted by atomic mass is 10.00. The summed E-state index contributed by atoms with van der Waals surface area (Å²) in [5.41, 5.74) is 2.47. The van der Waals surface area contributed by atoms with E-state index in [0.717, 1.165) is 12.2 Å². The van der Waals surface area contributed by atoms with Crippen molar-refractivity contribution in [1.29, 1.82) is 0 Å². The molecule has 188 valence electrons. The summed E-state index contributed by atoms with van der Waals surface area (Å²) in [6.45, 7) is 13.0. The third-order valence-corrected chi connectivity index (χ3v) is 7.26. The molecule has 7 heteroatoms. The van der Waals surface area contributed by atoms with Crippen LogP contribution < -0.4 is 4.74 Å². The molecule has 2 atom stereocenters. The highest BCUT2D eigenvalue weighted by Gasteiger charge is 2.33. The van der Waals surface area contributed by atoms with Crippen molar-refractivity contribution >= 4 is 17.2 Å².